The molecule has 106 valence electrons. The SMILES string of the molecule is Cc1occc1CN(C)c1cc(C(=O)O)c(N)cc1F. The number of aromatic carboxylic acids is 1. The molecule has 0 amide bonds. The average Bonchev–Trinajstić information content (AvgIpc) is 2.74. The summed E-state index contributed by atoms with van der Waals surface area (Å²) in [5.74, 6) is -1.00. The van der Waals surface area contributed by atoms with Crippen LogP contribution in [0, 0.1) is 12.7 Å². The average molecular weight is 278 g/mol. The number of halogens is 1. The quantitative estimate of drug-likeness (QED) is 0.840. The maximum absolute atomic E-state index is 13.9. The summed E-state index contributed by atoms with van der Waals surface area (Å²) in [5, 5.41) is 9.03. The molecule has 0 bridgehead atoms. The summed E-state index contributed by atoms with van der Waals surface area (Å²) >= 11 is 0. The number of hydrogen-bond acceptors (Lipinski definition) is 4. The highest BCUT2D eigenvalue weighted by molar-refractivity contribution is 5.95. The molecule has 0 spiro atoms. The van der Waals surface area contributed by atoms with Gasteiger partial charge in [0.05, 0.1) is 17.5 Å². The Kier molecular flexibility index (Phi) is 3.65. The molecule has 0 saturated heterocycles. The van der Waals surface area contributed by atoms with Gasteiger partial charge >= 0.3 is 5.97 Å². The standard InChI is InChI=1S/C14H15FN2O3/c1-8-9(3-4-20-8)7-17(2)13-5-10(14(18)19)12(16)6-11(13)15/h3-6H,7,16H2,1-2H3,(H,18,19). The fraction of sp³-hybridized carbons (Fsp3) is 0.214. The Morgan fingerprint density at radius 2 is 2.20 bits per heavy atom. The van der Waals surface area contributed by atoms with Crippen LogP contribution in [0.4, 0.5) is 15.8 Å². The first-order valence-electron chi connectivity index (χ1n) is 5.96. The minimum atomic E-state index is -1.18. The summed E-state index contributed by atoms with van der Waals surface area (Å²) in [6, 6.07) is 4.05. The Morgan fingerprint density at radius 3 is 2.75 bits per heavy atom. The van der Waals surface area contributed by atoms with E-state index < -0.39 is 11.8 Å². The molecular weight excluding hydrogens is 263 g/mol. The number of furan rings is 1. The molecule has 0 aliphatic carbocycles. The Hall–Kier alpha value is -2.50. The lowest BCUT2D eigenvalue weighted by molar-refractivity contribution is 0.0698. The van der Waals surface area contributed by atoms with Crippen LogP contribution in [0.3, 0.4) is 0 Å². The molecule has 0 aliphatic heterocycles. The molecule has 3 N–H and O–H groups in total. The van der Waals surface area contributed by atoms with E-state index in [1.807, 2.05) is 6.92 Å². The zero-order valence-electron chi connectivity index (χ0n) is 11.2. The number of nitrogens with zero attached hydrogens (tertiary/aromatic N) is 1. The number of nitrogen functional groups attached to an aromatic ring is 1. The van der Waals surface area contributed by atoms with Gasteiger partial charge in [0.15, 0.2) is 0 Å². The predicted molar refractivity (Wildman–Crippen MR) is 73.3 cm³/mol. The molecule has 5 nitrogen and oxygen atoms in total. The molecule has 0 saturated carbocycles. The molecule has 1 aromatic carbocycles. The Morgan fingerprint density at radius 1 is 1.50 bits per heavy atom. The number of anilines is 2. The molecule has 0 fully saturated rings. The van der Waals surface area contributed by atoms with E-state index in [-0.39, 0.29) is 16.9 Å². The number of carboxylic acids is 1. The van der Waals surface area contributed by atoms with Gasteiger partial charge in [-0.2, -0.15) is 0 Å². The van der Waals surface area contributed by atoms with E-state index >= 15 is 0 Å². The summed E-state index contributed by atoms with van der Waals surface area (Å²) in [7, 11) is 1.67. The molecule has 0 atom stereocenters. The molecular formula is C14H15FN2O3. The second kappa shape index (κ2) is 5.24. The topological polar surface area (TPSA) is 79.7 Å². The highest BCUT2D eigenvalue weighted by Crippen LogP contribution is 2.26. The van der Waals surface area contributed by atoms with Crippen molar-refractivity contribution in [2.45, 2.75) is 13.5 Å². The molecule has 2 aromatic rings. The second-order valence-electron chi connectivity index (χ2n) is 4.55. The van der Waals surface area contributed by atoms with Crippen LogP contribution in [0.2, 0.25) is 0 Å². The molecule has 0 aliphatic rings. The van der Waals surface area contributed by atoms with Crippen molar-refractivity contribution in [1.29, 1.82) is 0 Å². The van der Waals surface area contributed by atoms with E-state index in [1.54, 1.807) is 24.3 Å². The van der Waals surface area contributed by atoms with Crippen LogP contribution in [-0.2, 0) is 6.54 Å². The Bertz CT molecular complexity index is 652. The highest BCUT2D eigenvalue weighted by Gasteiger charge is 2.16. The summed E-state index contributed by atoms with van der Waals surface area (Å²) in [6.45, 7) is 2.22. The lowest BCUT2D eigenvalue weighted by atomic mass is 10.1. The van der Waals surface area contributed by atoms with Gasteiger partial charge in [-0.25, -0.2) is 9.18 Å². The normalized spacial score (nSPS) is 10.6. The third-order valence-corrected chi connectivity index (χ3v) is 3.13. The Balaban J connectivity index is 2.34. The minimum absolute atomic E-state index is 0.0911. The molecule has 2 rings (SSSR count). The van der Waals surface area contributed by atoms with E-state index in [9.17, 15) is 9.18 Å². The number of aryl methyl sites for hydroxylation is 1. The van der Waals surface area contributed by atoms with Gasteiger partial charge in [-0.3, -0.25) is 0 Å². The monoisotopic (exact) mass is 278 g/mol. The third kappa shape index (κ3) is 2.59. The summed E-state index contributed by atoms with van der Waals surface area (Å²) in [4.78, 5) is 12.7. The van der Waals surface area contributed by atoms with E-state index in [2.05, 4.69) is 0 Å². The molecule has 0 radical (unpaired) electrons. The molecule has 1 aromatic heterocycles. The van der Waals surface area contributed by atoms with Gasteiger partial charge in [-0.05, 0) is 25.1 Å². The lowest BCUT2D eigenvalue weighted by Gasteiger charge is -2.20. The van der Waals surface area contributed by atoms with Crippen molar-refractivity contribution < 1.29 is 18.7 Å². The number of nitrogens with two attached hydrogens (primary N) is 1. The third-order valence-electron chi connectivity index (χ3n) is 3.13. The predicted octanol–water partition coefficient (Wildman–Crippen LogP) is 2.64. The van der Waals surface area contributed by atoms with Crippen LogP contribution in [0.25, 0.3) is 0 Å². The van der Waals surface area contributed by atoms with Crippen LogP contribution in [0.1, 0.15) is 21.7 Å². The summed E-state index contributed by atoms with van der Waals surface area (Å²) in [5.41, 5.74) is 6.37. The maximum atomic E-state index is 13.9. The van der Waals surface area contributed by atoms with Crippen molar-refractivity contribution in [2.75, 3.05) is 17.7 Å². The van der Waals surface area contributed by atoms with Crippen LogP contribution in [0.15, 0.2) is 28.9 Å². The second-order valence-corrected chi connectivity index (χ2v) is 4.55. The number of carbonyl (C=O) groups is 1. The first-order chi connectivity index (χ1) is 9.40. The zero-order valence-corrected chi connectivity index (χ0v) is 11.2. The lowest BCUT2D eigenvalue weighted by Crippen LogP contribution is -2.19. The largest absolute Gasteiger partial charge is 0.478 e. The van der Waals surface area contributed by atoms with Gasteiger partial charge in [0.1, 0.15) is 11.6 Å². The van der Waals surface area contributed by atoms with E-state index in [0.29, 0.717) is 6.54 Å². The van der Waals surface area contributed by atoms with Gasteiger partial charge in [0, 0.05) is 24.8 Å². The van der Waals surface area contributed by atoms with Gasteiger partial charge in [0.2, 0.25) is 0 Å². The van der Waals surface area contributed by atoms with Gasteiger partial charge in [-0.1, -0.05) is 0 Å². The van der Waals surface area contributed by atoms with Crippen LogP contribution < -0.4 is 10.6 Å². The van der Waals surface area contributed by atoms with E-state index in [4.69, 9.17) is 15.3 Å². The van der Waals surface area contributed by atoms with E-state index in [0.717, 1.165) is 17.4 Å². The molecule has 6 heteroatoms. The van der Waals surface area contributed by atoms with Gasteiger partial charge in [-0.15, -0.1) is 0 Å². The maximum Gasteiger partial charge on any atom is 0.337 e. The molecule has 1 heterocycles. The van der Waals surface area contributed by atoms with Gasteiger partial charge < -0.3 is 20.2 Å². The minimum Gasteiger partial charge on any atom is -0.478 e. The molecule has 0 unspecified atom stereocenters. The van der Waals surface area contributed by atoms with Crippen molar-refractivity contribution in [3.8, 4) is 0 Å². The molecule has 20 heavy (non-hydrogen) atoms. The fourth-order valence-corrected chi connectivity index (χ4v) is 1.97. The van der Waals surface area contributed by atoms with E-state index in [1.165, 1.54) is 6.07 Å². The van der Waals surface area contributed by atoms with Crippen LogP contribution in [-0.4, -0.2) is 18.1 Å². The number of carboxylic acid groups (broad SMARTS) is 1. The summed E-state index contributed by atoms with van der Waals surface area (Å²) in [6.07, 6.45) is 1.56. The fourth-order valence-electron chi connectivity index (χ4n) is 1.97. The van der Waals surface area contributed by atoms with Gasteiger partial charge in [0.25, 0.3) is 0 Å². The smallest absolute Gasteiger partial charge is 0.337 e. The van der Waals surface area contributed by atoms with Crippen molar-refractivity contribution in [1.82, 2.24) is 0 Å². The first-order valence-corrected chi connectivity index (χ1v) is 5.96. The number of hydrogen-bond donors (Lipinski definition) is 2. The van der Waals surface area contributed by atoms with Crippen molar-refractivity contribution in [3.63, 3.8) is 0 Å². The number of benzene rings is 1. The highest BCUT2D eigenvalue weighted by atomic mass is 19.1. The van der Waals surface area contributed by atoms with Crippen LogP contribution in [0.5, 0.6) is 0 Å². The Labute approximate surface area is 115 Å². The van der Waals surface area contributed by atoms with Crippen molar-refractivity contribution in [3.05, 3.63) is 47.2 Å². The first kappa shape index (κ1) is 13.9. The number of rotatable bonds is 4. The van der Waals surface area contributed by atoms with Crippen molar-refractivity contribution in [2.24, 2.45) is 0 Å². The van der Waals surface area contributed by atoms with Crippen LogP contribution >= 0.6 is 0 Å². The summed E-state index contributed by atoms with van der Waals surface area (Å²) < 4.78 is 19.1. The zero-order chi connectivity index (χ0) is 14.9. The van der Waals surface area contributed by atoms with Crippen molar-refractivity contribution >= 4 is 17.3 Å².